The molecule has 238 valence electrons. The molecule has 0 aromatic rings. The molecule has 0 saturated carbocycles. The third-order valence-electron chi connectivity index (χ3n) is 1.72. The number of hydrogen-bond acceptors (Lipinski definition) is 12. The van der Waals surface area contributed by atoms with Gasteiger partial charge in [0.1, 0.15) is 0 Å². The second-order valence-corrected chi connectivity index (χ2v) is 6.25. The fourth-order valence-corrected chi connectivity index (χ4v) is 1.07. The topological polar surface area (TPSA) is 366 Å². The number of nitrogens with two attached hydrogens (primary N) is 2. The minimum Gasteiger partial charge on any atom is -0.481 e. The molecule has 0 aromatic carbocycles. The van der Waals surface area contributed by atoms with Crippen molar-refractivity contribution in [3.8, 4) is 0 Å². The molecule has 0 aromatic heterocycles. The van der Waals surface area contributed by atoms with E-state index in [0.29, 0.717) is 13.1 Å². The first kappa shape index (κ1) is 52.1. The quantitative estimate of drug-likeness (QED) is 0.116. The Balaban J connectivity index is -0.0000000688. The van der Waals surface area contributed by atoms with E-state index in [1.54, 1.807) is 0 Å². The summed E-state index contributed by atoms with van der Waals surface area (Å²) < 4.78 is 0. The van der Waals surface area contributed by atoms with Crippen molar-refractivity contribution in [2.45, 2.75) is 34.6 Å². The van der Waals surface area contributed by atoms with Crippen molar-refractivity contribution in [1.29, 1.82) is 0 Å². The highest BCUT2D eigenvalue weighted by Crippen LogP contribution is 1.87. The lowest BCUT2D eigenvalue weighted by Crippen LogP contribution is -2.38. The summed E-state index contributed by atoms with van der Waals surface area (Å²) in [4.78, 5) is 76.2. The lowest BCUT2D eigenvalue weighted by molar-refractivity contribution is -0.145. The van der Waals surface area contributed by atoms with E-state index in [1.165, 1.54) is 0 Å². The van der Waals surface area contributed by atoms with Crippen LogP contribution in [0.4, 0.5) is 0 Å². The van der Waals surface area contributed by atoms with Crippen LogP contribution in [0.25, 0.3) is 0 Å². The molecule has 0 amide bonds. The molecule has 0 unspecified atom stereocenters. The number of nitrogens with one attached hydrogen (secondary N) is 1. The zero-order valence-corrected chi connectivity index (χ0v) is 22.9. The van der Waals surface area contributed by atoms with Gasteiger partial charge in [0.25, 0.3) is 29.8 Å². The van der Waals surface area contributed by atoms with Crippen LogP contribution in [0, 0.1) is 0 Å². The number of hydrogen-bond donors (Lipinski definition) is 11. The van der Waals surface area contributed by atoms with Gasteiger partial charge in [0.05, 0.1) is 19.6 Å². The van der Waals surface area contributed by atoms with Gasteiger partial charge in [0.2, 0.25) is 0 Å². The molecule has 20 heteroatoms. The number of carboxylic acids is 8. The van der Waals surface area contributed by atoms with Crippen LogP contribution in [-0.4, -0.2) is 139 Å². The van der Waals surface area contributed by atoms with Gasteiger partial charge in [-0.05, 0) is 0 Å². The second kappa shape index (κ2) is 41.7. The normalized spacial score (nSPS) is 8.00. The van der Waals surface area contributed by atoms with Gasteiger partial charge < -0.3 is 57.6 Å². The van der Waals surface area contributed by atoms with E-state index in [1.807, 2.05) is 0 Å². The average molecular weight is 595 g/mol. The van der Waals surface area contributed by atoms with Gasteiger partial charge in [0, 0.05) is 60.8 Å². The standard InChI is InChI=1S/C6H9NO6.C4H13N3.5C2H4O2/c8-4(9)1-7(2-5(10)11)3-6(12)13;5-1-3-7-4-2-6;5*1-2(3)4/h1-3H2,(H,8,9)(H,10,11)(H,12,13);7H,1-6H2;5*1H3,(H,3,4). The lowest BCUT2D eigenvalue weighted by atomic mass is 10.4. The van der Waals surface area contributed by atoms with Crippen molar-refractivity contribution >= 4 is 47.8 Å². The Kier molecular flexibility index (Phi) is 54.3. The summed E-state index contributed by atoms with van der Waals surface area (Å²) in [7, 11) is 0. The maximum absolute atomic E-state index is 10.1. The summed E-state index contributed by atoms with van der Waals surface area (Å²) in [5.74, 6) is -7.95. The Hall–Kier alpha value is -4.40. The summed E-state index contributed by atoms with van der Waals surface area (Å²) in [6, 6.07) is 0. The first-order chi connectivity index (χ1) is 18.0. The Morgan fingerprint density at radius 3 is 0.725 bits per heavy atom. The average Bonchev–Trinajstić information content (AvgIpc) is 2.65. The van der Waals surface area contributed by atoms with E-state index in [0.717, 1.165) is 52.6 Å². The van der Waals surface area contributed by atoms with Crippen LogP contribution in [0.1, 0.15) is 34.6 Å². The molecule has 0 aliphatic heterocycles. The summed E-state index contributed by atoms with van der Waals surface area (Å²) >= 11 is 0. The number of carbonyl (C=O) groups is 8. The van der Waals surface area contributed by atoms with Gasteiger partial charge in [-0.1, -0.05) is 0 Å². The smallest absolute Gasteiger partial charge is 0.317 e. The largest absolute Gasteiger partial charge is 0.481 e. The maximum Gasteiger partial charge on any atom is 0.317 e. The fraction of sp³-hybridized carbons (Fsp3) is 0.600. The highest BCUT2D eigenvalue weighted by molar-refractivity contribution is 5.75. The van der Waals surface area contributed by atoms with Gasteiger partial charge in [-0.2, -0.15) is 0 Å². The van der Waals surface area contributed by atoms with Crippen molar-refractivity contribution < 1.29 is 79.2 Å². The summed E-state index contributed by atoms with van der Waals surface area (Å²) in [5.41, 5.74) is 10.3. The third kappa shape index (κ3) is 265. The summed E-state index contributed by atoms with van der Waals surface area (Å²) in [5, 5.41) is 65.0. The molecule has 20 nitrogen and oxygen atoms in total. The third-order valence-corrected chi connectivity index (χ3v) is 1.72. The molecule has 0 bridgehead atoms. The predicted octanol–water partition coefficient (Wildman–Crippen LogP) is -2.51. The number of rotatable bonds is 10. The van der Waals surface area contributed by atoms with Crippen LogP contribution in [0.15, 0.2) is 0 Å². The van der Waals surface area contributed by atoms with Crippen LogP contribution < -0.4 is 16.8 Å². The van der Waals surface area contributed by atoms with E-state index in [4.69, 9.17) is 76.3 Å². The highest BCUT2D eigenvalue weighted by Gasteiger charge is 2.15. The maximum atomic E-state index is 10.1. The van der Waals surface area contributed by atoms with E-state index in [9.17, 15) is 14.4 Å². The number of nitrogens with zero attached hydrogens (tertiary/aromatic N) is 1. The van der Waals surface area contributed by atoms with Gasteiger partial charge in [-0.25, -0.2) is 0 Å². The van der Waals surface area contributed by atoms with Gasteiger partial charge in [-0.3, -0.25) is 43.3 Å². The Bertz CT molecular complexity index is 585. The number of aliphatic carboxylic acids is 8. The molecule has 0 rings (SSSR count). The van der Waals surface area contributed by atoms with E-state index < -0.39 is 67.4 Å². The molecule has 40 heavy (non-hydrogen) atoms. The van der Waals surface area contributed by atoms with Crippen LogP contribution >= 0.6 is 0 Å². The van der Waals surface area contributed by atoms with Crippen LogP contribution in [0.2, 0.25) is 0 Å². The molecule has 0 radical (unpaired) electrons. The summed E-state index contributed by atoms with van der Waals surface area (Å²) in [6.45, 7) is 6.75. The van der Waals surface area contributed by atoms with Crippen LogP contribution in [0.3, 0.4) is 0 Å². The SMILES string of the molecule is CC(=O)O.CC(=O)O.CC(=O)O.CC(=O)O.CC(=O)O.NCCNCCN.O=C(O)CN(CC(=O)O)CC(=O)O. The molecular formula is C20H42N4O16. The van der Waals surface area contributed by atoms with E-state index in [-0.39, 0.29) is 0 Å². The lowest BCUT2D eigenvalue weighted by Gasteiger charge is -2.14. The van der Waals surface area contributed by atoms with Crippen molar-refractivity contribution in [3.63, 3.8) is 0 Å². The van der Waals surface area contributed by atoms with Crippen molar-refractivity contribution in [3.05, 3.63) is 0 Å². The number of carboxylic acid groups (broad SMARTS) is 8. The molecule has 0 spiro atoms. The predicted molar refractivity (Wildman–Crippen MR) is 137 cm³/mol. The molecule has 0 fully saturated rings. The van der Waals surface area contributed by atoms with E-state index >= 15 is 0 Å². The minimum absolute atomic E-state index is 0.599. The second-order valence-electron chi connectivity index (χ2n) is 6.25. The van der Waals surface area contributed by atoms with Gasteiger partial charge >= 0.3 is 17.9 Å². The molecule has 0 atom stereocenters. The Morgan fingerprint density at radius 2 is 0.625 bits per heavy atom. The Labute approximate surface area is 229 Å². The molecule has 13 N–H and O–H groups in total. The monoisotopic (exact) mass is 594 g/mol. The van der Waals surface area contributed by atoms with Crippen molar-refractivity contribution in [1.82, 2.24) is 10.2 Å². The first-order valence-corrected chi connectivity index (χ1v) is 10.5. The van der Waals surface area contributed by atoms with Crippen LogP contribution in [0.5, 0.6) is 0 Å². The van der Waals surface area contributed by atoms with Gasteiger partial charge in [0.15, 0.2) is 0 Å². The molecular weight excluding hydrogens is 552 g/mol. The van der Waals surface area contributed by atoms with E-state index in [2.05, 4.69) is 5.32 Å². The zero-order chi connectivity index (χ0) is 33.9. The zero-order valence-electron chi connectivity index (χ0n) is 22.9. The Morgan fingerprint density at radius 1 is 0.475 bits per heavy atom. The molecule has 0 aliphatic rings. The van der Waals surface area contributed by atoms with Crippen LogP contribution in [-0.2, 0) is 38.4 Å². The van der Waals surface area contributed by atoms with Crippen molar-refractivity contribution in [2.24, 2.45) is 11.5 Å². The fourth-order valence-electron chi connectivity index (χ4n) is 1.07. The molecule has 0 aliphatic carbocycles. The highest BCUT2D eigenvalue weighted by atomic mass is 16.4. The first-order valence-electron chi connectivity index (χ1n) is 10.5. The summed E-state index contributed by atoms with van der Waals surface area (Å²) in [6.07, 6.45) is 0. The molecule has 0 saturated heterocycles. The van der Waals surface area contributed by atoms with Crippen molar-refractivity contribution in [2.75, 3.05) is 45.8 Å². The van der Waals surface area contributed by atoms with Gasteiger partial charge in [-0.15, -0.1) is 0 Å². The molecule has 0 heterocycles. The minimum atomic E-state index is -1.26.